The SMILES string of the molecule is Cc1nnc(SCc2ccc([N+](=O)[O-])c(F)c2)s1. The van der Waals surface area contributed by atoms with Crippen LogP contribution in [0, 0.1) is 22.9 Å². The van der Waals surface area contributed by atoms with Gasteiger partial charge in [-0.1, -0.05) is 29.2 Å². The lowest BCUT2D eigenvalue weighted by Crippen LogP contribution is -1.93. The Hall–Kier alpha value is -1.54. The molecule has 0 saturated carbocycles. The van der Waals surface area contributed by atoms with Gasteiger partial charge in [0.2, 0.25) is 5.82 Å². The van der Waals surface area contributed by atoms with Gasteiger partial charge in [0.25, 0.3) is 0 Å². The summed E-state index contributed by atoms with van der Waals surface area (Å²) >= 11 is 2.88. The number of halogens is 1. The predicted octanol–water partition coefficient (Wildman–Crippen LogP) is 3.19. The molecule has 0 fully saturated rings. The molecule has 8 heteroatoms. The summed E-state index contributed by atoms with van der Waals surface area (Å²) in [6.45, 7) is 1.85. The fourth-order valence-electron chi connectivity index (χ4n) is 1.27. The maximum absolute atomic E-state index is 13.4. The second kappa shape index (κ2) is 5.40. The van der Waals surface area contributed by atoms with Crippen LogP contribution in [0.1, 0.15) is 10.6 Å². The summed E-state index contributed by atoms with van der Waals surface area (Å²) in [5.74, 6) is -0.310. The molecule has 0 atom stereocenters. The number of nitro benzene ring substituents is 1. The van der Waals surface area contributed by atoms with Gasteiger partial charge in [0.05, 0.1) is 4.92 Å². The molecular weight excluding hydrogens is 277 g/mol. The number of thioether (sulfide) groups is 1. The number of benzene rings is 1. The Morgan fingerprint density at radius 1 is 1.50 bits per heavy atom. The molecule has 1 aromatic heterocycles. The third kappa shape index (κ3) is 3.02. The minimum absolute atomic E-state index is 0.504. The van der Waals surface area contributed by atoms with Crippen LogP contribution in [0.3, 0.4) is 0 Å². The van der Waals surface area contributed by atoms with Crippen molar-refractivity contribution in [2.24, 2.45) is 0 Å². The molecule has 1 heterocycles. The van der Waals surface area contributed by atoms with Crippen molar-refractivity contribution in [2.45, 2.75) is 17.0 Å². The van der Waals surface area contributed by atoms with E-state index in [9.17, 15) is 14.5 Å². The standard InChI is InChI=1S/C10H8FN3O2S2/c1-6-12-13-10(18-6)17-5-7-2-3-9(14(15)16)8(11)4-7/h2-4H,5H2,1H3. The molecule has 0 amide bonds. The van der Waals surface area contributed by atoms with Gasteiger partial charge in [-0.3, -0.25) is 10.1 Å². The smallest absolute Gasteiger partial charge is 0.258 e. The monoisotopic (exact) mass is 285 g/mol. The topological polar surface area (TPSA) is 68.9 Å². The van der Waals surface area contributed by atoms with Crippen LogP contribution in [0.5, 0.6) is 0 Å². The Balaban J connectivity index is 2.06. The van der Waals surface area contributed by atoms with Gasteiger partial charge in [0.15, 0.2) is 4.34 Å². The fourth-order valence-corrected chi connectivity index (χ4v) is 3.03. The Labute approximate surface area is 110 Å². The Kier molecular flexibility index (Phi) is 3.87. The van der Waals surface area contributed by atoms with Crippen LogP contribution in [0.15, 0.2) is 22.5 Å². The highest BCUT2D eigenvalue weighted by atomic mass is 32.2. The molecule has 0 spiro atoms. The molecule has 5 nitrogen and oxygen atoms in total. The average Bonchev–Trinajstić information content (AvgIpc) is 2.72. The number of hydrogen-bond acceptors (Lipinski definition) is 6. The number of aromatic nitrogens is 2. The number of nitrogens with zero attached hydrogens (tertiary/aromatic N) is 3. The molecule has 0 bridgehead atoms. The first kappa shape index (κ1) is 12.9. The lowest BCUT2D eigenvalue weighted by atomic mass is 10.2. The van der Waals surface area contributed by atoms with Crippen molar-refractivity contribution in [1.29, 1.82) is 0 Å². The van der Waals surface area contributed by atoms with E-state index in [-0.39, 0.29) is 0 Å². The van der Waals surface area contributed by atoms with E-state index in [1.54, 1.807) is 6.07 Å². The van der Waals surface area contributed by atoms with E-state index in [4.69, 9.17) is 0 Å². The van der Waals surface area contributed by atoms with Crippen molar-refractivity contribution in [1.82, 2.24) is 10.2 Å². The van der Waals surface area contributed by atoms with Crippen LogP contribution in [0.25, 0.3) is 0 Å². The summed E-state index contributed by atoms with van der Waals surface area (Å²) in [4.78, 5) is 9.72. The lowest BCUT2D eigenvalue weighted by Gasteiger charge is -1.99. The highest BCUT2D eigenvalue weighted by Gasteiger charge is 2.14. The maximum atomic E-state index is 13.4. The van der Waals surface area contributed by atoms with E-state index in [1.807, 2.05) is 6.92 Å². The number of aryl methyl sites for hydroxylation is 1. The first-order valence-electron chi connectivity index (χ1n) is 4.92. The highest BCUT2D eigenvalue weighted by molar-refractivity contribution is 8.00. The fraction of sp³-hybridized carbons (Fsp3) is 0.200. The first-order valence-corrected chi connectivity index (χ1v) is 6.72. The summed E-state index contributed by atoms with van der Waals surface area (Å²) in [5, 5.41) is 19.1. The van der Waals surface area contributed by atoms with E-state index in [1.165, 1.54) is 35.2 Å². The minimum atomic E-state index is -0.813. The van der Waals surface area contributed by atoms with Crippen LogP contribution >= 0.6 is 23.1 Å². The predicted molar refractivity (Wildman–Crippen MR) is 67.3 cm³/mol. The first-order chi connectivity index (χ1) is 8.56. The van der Waals surface area contributed by atoms with Gasteiger partial charge in [0, 0.05) is 11.8 Å². The van der Waals surface area contributed by atoms with E-state index >= 15 is 0 Å². The third-order valence-electron chi connectivity index (χ3n) is 2.08. The average molecular weight is 285 g/mol. The number of nitro groups is 1. The summed E-state index contributed by atoms with van der Waals surface area (Å²) in [7, 11) is 0. The molecule has 0 radical (unpaired) electrons. The molecule has 0 N–H and O–H groups in total. The van der Waals surface area contributed by atoms with Crippen molar-refractivity contribution < 1.29 is 9.31 Å². The van der Waals surface area contributed by atoms with Crippen molar-refractivity contribution in [3.8, 4) is 0 Å². The van der Waals surface area contributed by atoms with Gasteiger partial charge >= 0.3 is 5.69 Å². The minimum Gasteiger partial charge on any atom is -0.258 e. The maximum Gasteiger partial charge on any atom is 0.304 e. The number of hydrogen-bond donors (Lipinski definition) is 0. The van der Waals surface area contributed by atoms with Crippen LogP contribution in [-0.2, 0) is 5.75 Å². The molecule has 94 valence electrons. The summed E-state index contributed by atoms with van der Waals surface area (Å²) in [5.41, 5.74) is 0.173. The second-order valence-corrected chi connectivity index (χ2v) is 5.82. The van der Waals surface area contributed by atoms with Crippen molar-refractivity contribution in [2.75, 3.05) is 0 Å². The van der Waals surface area contributed by atoms with Crippen LogP contribution in [0.4, 0.5) is 10.1 Å². The molecule has 2 rings (SSSR count). The second-order valence-electron chi connectivity index (χ2n) is 3.42. The van der Waals surface area contributed by atoms with Gasteiger partial charge in [-0.15, -0.1) is 10.2 Å². The molecule has 1 aromatic carbocycles. The molecule has 0 aliphatic heterocycles. The molecule has 0 aliphatic rings. The summed E-state index contributed by atoms with van der Waals surface area (Å²) < 4.78 is 14.2. The lowest BCUT2D eigenvalue weighted by molar-refractivity contribution is -0.387. The molecule has 0 unspecified atom stereocenters. The zero-order chi connectivity index (χ0) is 13.1. The molecule has 0 saturated heterocycles. The van der Waals surface area contributed by atoms with Crippen molar-refractivity contribution in [3.05, 3.63) is 44.7 Å². The molecular formula is C10H8FN3O2S2. The quantitative estimate of drug-likeness (QED) is 0.490. The number of rotatable bonds is 4. The third-order valence-corrected chi connectivity index (χ3v) is 4.12. The van der Waals surface area contributed by atoms with Gasteiger partial charge in [-0.2, -0.15) is 4.39 Å². The molecule has 18 heavy (non-hydrogen) atoms. The van der Waals surface area contributed by atoms with Gasteiger partial charge in [0.1, 0.15) is 5.01 Å². The molecule has 0 aliphatic carbocycles. The van der Waals surface area contributed by atoms with Crippen LogP contribution in [-0.4, -0.2) is 15.1 Å². The van der Waals surface area contributed by atoms with Crippen molar-refractivity contribution in [3.63, 3.8) is 0 Å². The van der Waals surface area contributed by atoms with Gasteiger partial charge in [-0.05, 0) is 18.6 Å². The Bertz CT molecular complexity index is 588. The highest BCUT2D eigenvalue weighted by Crippen LogP contribution is 2.27. The van der Waals surface area contributed by atoms with E-state index in [2.05, 4.69) is 10.2 Å². The van der Waals surface area contributed by atoms with E-state index in [0.717, 1.165) is 9.35 Å². The van der Waals surface area contributed by atoms with E-state index < -0.39 is 16.4 Å². The Morgan fingerprint density at radius 3 is 2.83 bits per heavy atom. The van der Waals surface area contributed by atoms with Gasteiger partial charge < -0.3 is 0 Å². The van der Waals surface area contributed by atoms with E-state index in [0.29, 0.717) is 11.3 Å². The van der Waals surface area contributed by atoms with Gasteiger partial charge in [-0.25, -0.2) is 0 Å². The normalized spacial score (nSPS) is 10.6. The zero-order valence-electron chi connectivity index (χ0n) is 9.29. The van der Waals surface area contributed by atoms with Crippen LogP contribution < -0.4 is 0 Å². The largest absolute Gasteiger partial charge is 0.304 e. The summed E-state index contributed by atoms with van der Waals surface area (Å²) in [6.07, 6.45) is 0. The Morgan fingerprint density at radius 2 is 2.28 bits per heavy atom. The zero-order valence-corrected chi connectivity index (χ0v) is 10.9. The summed E-state index contributed by atoms with van der Waals surface area (Å²) in [6, 6.07) is 3.90. The molecule has 2 aromatic rings. The van der Waals surface area contributed by atoms with Crippen molar-refractivity contribution >= 4 is 28.8 Å². The van der Waals surface area contributed by atoms with Crippen LogP contribution in [0.2, 0.25) is 0 Å².